The van der Waals surface area contributed by atoms with Gasteiger partial charge in [-0.25, -0.2) is 0 Å². The van der Waals surface area contributed by atoms with Crippen LogP contribution < -0.4 is 0 Å². The summed E-state index contributed by atoms with van der Waals surface area (Å²) < 4.78 is 12.6. The van der Waals surface area contributed by atoms with Crippen LogP contribution in [0, 0.1) is 12.8 Å². The smallest absolute Gasteiger partial charge is 0.346 e. The minimum atomic E-state index is -2.41. The number of benzene rings is 1. The summed E-state index contributed by atoms with van der Waals surface area (Å²) in [6, 6.07) is 7.70. The van der Waals surface area contributed by atoms with E-state index in [1.807, 2.05) is 14.2 Å². The molecule has 2 nitrogen and oxygen atoms in total. The standard InChI is InChI=1S/C22H36O2Si/c1-9-18(10-2)15-25(23-7,24-8)21-17(4)14-19-13-11-12-16(3)20(19)22(21,5)6/h11-14,18,21H,9-10,15H2,1-8H3. The van der Waals surface area contributed by atoms with Crippen LogP contribution in [0.3, 0.4) is 0 Å². The molecule has 1 aliphatic carbocycles. The third-order valence-corrected chi connectivity index (χ3v) is 11.0. The van der Waals surface area contributed by atoms with Gasteiger partial charge in [-0.2, -0.15) is 0 Å². The quantitative estimate of drug-likeness (QED) is 0.536. The molecular formula is C22H36O2Si. The van der Waals surface area contributed by atoms with Crippen molar-refractivity contribution in [3.63, 3.8) is 0 Å². The third kappa shape index (κ3) is 3.51. The van der Waals surface area contributed by atoms with E-state index in [9.17, 15) is 0 Å². The zero-order valence-corrected chi connectivity index (χ0v) is 18.4. The van der Waals surface area contributed by atoms with Gasteiger partial charge in [-0.05, 0) is 47.9 Å². The summed E-state index contributed by atoms with van der Waals surface area (Å²) in [4.78, 5) is 0. The summed E-state index contributed by atoms with van der Waals surface area (Å²) in [5.74, 6) is 0.661. The van der Waals surface area contributed by atoms with E-state index in [1.54, 1.807) is 0 Å². The van der Waals surface area contributed by atoms with Gasteiger partial charge in [-0.3, -0.25) is 0 Å². The molecule has 0 aromatic heterocycles. The van der Waals surface area contributed by atoms with Crippen molar-refractivity contribution in [1.29, 1.82) is 0 Å². The molecule has 1 unspecified atom stereocenters. The van der Waals surface area contributed by atoms with Crippen molar-refractivity contribution in [1.82, 2.24) is 0 Å². The minimum Gasteiger partial charge on any atom is -0.397 e. The van der Waals surface area contributed by atoms with Crippen molar-refractivity contribution >= 4 is 14.6 Å². The van der Waals surface area contributed by atoms with Crippen LogP contribution in [-0.2, 0) is 14.3 Å². The molecule has 0 amide bonds. The molecule has 25 heavy (non-hydrogen) atoms. The highest BCUT2D eigenvalue weighted by molar-refractivity contribution is 6.70. The Hall–Kier alpha value is -0.903. The molecule has 0 saturated carbocycles. The van der Waals surface area contributed by atoms with Gasteiger partial charge in [0.2, 0.25) is 0 Å². The number of fused-ring (bicyclic) bond motifs is 1. The highest BCUT2D eigenvalue weighted by atomic mass is 28.4. The molecular weight excluding hydrogens is 324 g/mol. The first-order valence-corrected chi connectivity index (χ1v) is 11.8. The SMILES string of the molecule is CCC(CC)C[Si](OC)(OC)C1C(C)=Cc2cccc(C)c2C1(C)C. The fourth-order valence-electron chi connectivity index (χ4n) is 5.21. The highest BCUT2D eigenvalue weighted by Crippen LogP contribution is 2.54. The molecule has 1 aromatic carbocycles. The average Bonchev–Trinajstić information content (AvgIpc) is 2.57. The van der Waals surface area contributed by atoms with Crippen LogP contribution in [0.4, 0.5) is 0 Å². The number of aryl methyl sites for hydroxylation is 1. The predicted molar refractivity (Wildman–Crippen MR) is 110 cm³/mol. The summed E-state index contributed by atoms with van der Waals surface area (Å²) in [5.41, 5.74) is 5.92. The van der Waals surface area contributed by atoms with Crippen LogP contribution >= 0.6 is 0 Å². The first-order valence-electron chi connectivity index (χ1n) is 9.65. The summed E-state index contributed by atoms with van der Waals surface area (Å²) in [5, 5.41) is 0. The van der Waals surface area contributed by atoms with Crippen molar-refractivity contribution in [2.45, 2.75) is 71.4 Å². The Balaban J connectivity index is 2.60. The average molecular weight is 361 g/mol. The van der Waals surface area contributed by atoms with E-state index in [-0.39, 0.29) is 5.41 Å². The summed E-state index contributed by atoms with van der Waals surface area (Å²) in [7, 11) is 1.33. The van der Waals surface area contributed by atoms with E-state index in [4.69, 9.17) is 8.85 Å². The van der Waals surface area contributed by atoms with E-state index in [1.165, 1.54) is 35.1 Å². The van der Waals surface area contributed by atoms with Gasteiger partial charge in [0.1, 0.15) is 0 Å². The molecule has 0 aliphatic heterocycles. The highest BCUT2D eigenvalue weighted by Gasteiger charge is 2.55. The number of hydrogen-bond donors (Lipinski definition) is 0. The van der Waals surface area contributed by atoms with Crippen LogP contribution in [0.5, 0.6) is 0 Å². The summed E-state index contributed by atoms with van der Waals surface area (Å²) in [6.45, 7) is 13.8. The first-order chi connectivity index (χ1) is 11.8. The number of rotatable bonds is 7. The van der Waals surface area contributed by atoms with Crippen molar-refractivity contribution in [3.8, 4) is 0 Å². The van der Waals surface area contributed by atoms with Crippen molar-refractivity contribution in [2.24, 2.45) is 5.92 Å². The van der Waals surface area contributed by atoms with Gasteiger partial charge in [-0.15, -0.1) is 0 Å². The maximum absolute atomic E-state index is 6.30. The van der Waals surface area contributed by atoms with E-state index in [2.05, 4.69) is 65.8 Å². The molecule has 0 radical (unpaired) electrons. The lowest BCUT2D eigenvalue weighted by atomic mass is 9.71. The third-order valence-electron chi connectivity index (χ3n) is 6.37. The molecule has 1 aliphatic rings. The molecule has 0 fully saturated rings. The summed E-state index contributed by atoms with van der Waals surface area (Å²) >= 11 is 0. The molecule has 140 valence electrons. The van der Waals surface area contributed by atoms with Gasteiger partial charge in [0, 0.05) is 19.8 Å². The van der Waals surface area contributed by atoms with Gasteiger partial charge >= 0.3 is 8.56 Å². The molecule has 3 heteroatoms. The van der Waals surface area contributed by atoms with E-state index < -0.39 is 8.56 Å². The number of allylic oxidation sites excluding steroid dienone is 1. The van der Waals surface area contributed by atoms with Gasteiger partial charge in [0.15, 0.2) is 0 Å². The van der Waals surface area contributed by atoms with Crippen molar-refractivity contribution < 1.29 is 8.85 Å². The van der Waals surface area contributed by atoms with Crippen LogP contribution in [0.25, 0.3) is 6.08 Å². The minimum absolute atomic E-state index is 0.00376. The molecule has 1 aromatic rings. The normalized spacial score (nSPS) is 19.7. The topological polar surface area (TPSA) is 18.5 Å². The Labute approximate surface area is 155 Å². The molecule has 1 atom stereocenters. The largest absolute Gasteiger partial charge is 0.397 e. The second-order valence-corrected chi connectivity index (χ2v) is 11.6. The fraction of sp³-hybridized carbons (Fsp3) is 0.636. The van der Waals surface area contributed by atoms with E-state index in [0.717, 1.165) is 6.04 Å². The second-order valence-electron chi connectivity index (χ2n) is 8.19. The fourth-order valence-corrected chi connectivity index (χ4v) is 9.82. The number of hydrogen-bond acceptors (Lipinski definition) is 2. The van der Waals surface area contributed by atoms with Gasteiger partial charge in [0.25, 0.3) is 0 Å². The molecule has 0 heterocycles. The van der Waals surface area contributed by atoms with Crippen molar-refractivity contribution in [2.75, 3.05) is 14.2 Å². The maximum Gasteiger partial charge on any atom is 0.346 e. The molecule has 0 saturated heterocycles. The van der Waals surface area contributed by atoms with Crippen LogP contribution in [0.2, 0.25) is 11.6 Å². The lowest BCUT2D eigenvalue weighted by Crippen LogP contribution is -2.54. The van der Waals surface area contributed by atoms with Gasteiger partial charge in [-0.1, -0.05) is 70.4 Å². The lowest BCUT2D eigenvalue weighted by Gasteiger charge is -2.49. The Morgan fingerprint density at radius 3 is 2.20 bits per heavy atom. The van der Waals surface area contributed by atoms with Gasteiger partial charge < -0.3 is 8.85 Å². The Kier molecular flexibility index (Phi) is 6.34. The first kappa shape index (κ1) is 20.4. The second kappa shape index (κ2) is 7.77. The van der Waals surface area contributed by atoms with Gasteiger partial charge in [0.05, 0.1) is 0 Å². The predicted octanol–water partition coefficient (Wildman–Crippen LogP) is 6.23. The van der Waals surface area contributed by atoms with Crippen LogP contribution in [0.1, 0.15) is 64.2 Å². The maximum atomic E-state index is 6.30. The Bertz CT molecular complexity index is 625. The zero-order chi connectivity index (χ0) is 18.8. The zero-order valence-electron chi connectivity index (χ0n) is 17.4. The monoisotopic (exact) mass is 360 g/mol. The van der Waals surface area contributed by atoms with E-state index >= 15 is 0 Å². The Morgan fingerprint density at radius 2 is 1.68 bits per heavy atom. The summed E-state index contributed by atoms with van der Waals surface area (Å²) in [6.07, 6.45) is 4.73. The lowest BCUT2D eigenvalue weighted by molar-refractivity contribution is 0.208. The Morgan fingerprint density at radius 1 is 1.08 bits per heavy atom. The molecule has 0 bridgehead atoms. The van der Waals surface area contributed by atoms with E-state index in [0.29, 0.717) is 11.5 Å². The van der Waals surface area contributed by atoms with Crippen LogP contribution in [0.15, 0.2) is 23.8 Å². The molecule has 2 rings (SSSR count). The molecule has 0 spiro atoms. The molecule has 0 N–H and O–H groups in total. The van der Waals surface area contributed by atoms with Crippen LogP contribution in [-0.4, -0.2) is 22.8 Å². The van der Waals surface area contributed by atoms with Crippen molar-refractivity contribution in [3.05, 3.63) is 40.5 Å².